The highest BCUT2D eigenvalue weighted by Crippen LogP contribution is 2.37. The van der Waals surface area contributed by atoms with Gasteiger partial charge in [-0.15, -0.1) is 13.2 Å². The molecular formula is C25H27F3O. The monoisotopic (exact) mass is 400 g/mol. The quantitative estimate of drug-likeness (QED) is 0.474. The van der Waals surface area contributed by atoms with Crippen LogP contribution in [0, 0.1) is 17.8 Å². The molecule has 0 unspecified atom stereocenters. The minimum atomic E-state index is -4.68. The van der Waals surface area contributed by atoms with Crippen molar-refractivity contribution < 1.29 is 17.9 Å². The van der Waals surface area contributed by atoms with Crippen molar-refractivity contribution in [2.75, 3.05) is 0 Å². The second kappa shape index (κ2) is 9.87. The van der Waals surface area contributed by atoms with Gasteiger partial charge in [-0.05, 0) is 79.5 Å². The van der Waals surface area contributed by atoms with Crippen molar-refractivity contribution in [2.45, 2.75) is 64.1 Å². The van der Waals surface area contributed by atoms with E-state index >= 15 is 0 Å². The summed E-state index contributed by atoms with van der Waals surface area (Å²) in [7, 11) is 0. The number of halogens is 3. The standard InChI is InChI=1S/C25H27F3O/c1-2-3-4-19-7-13-22(14-8-19)23-15-9-20(10-16-23)5-6-21-11-17-24(18-12-21)29-25(26,27)28/h9-12,15-19,22H,2-4,7-8,13-14H2,1H3. The van der Waals surface area contributed by atoms with Crippen molar-refractivity contribution in [3.8, 4) is 17.6 Å². The van der Waals surface area contributed by atoms with Gasteiger partial charge in [0.2, 0.25) is 0 Å². The first-order valence-corrected chi connectivity index (χ1v) is 10.4. The molecule has 0 spiro atoms. The lowest BCUT2D eigenvalue weighted by Gasteiger charge is -2.28. The van der Waals surface area contributed by atoms with Crippen LogP contribution < -0.4 is 4.74 Å². The zero-order valence-corrected chi connectivity index (χ0v) is 16.8. The van der Waals surface area contributed by atoms with Crippen LogP contribution in [0.25, 0.3) is 0 Å². The summed E-state index contributed by atoms with van der Waals surface area (Å²) in [6, 6.07) is 14.0. The van der Waals surface area contributed by atoms with Crippen LogP contribution in [0.3, 0.4) is 0 Å². The van der Waals surface area contributed by atoms with Gasteiger partial charge in [-0.1, -0.05) is 50.2 Å². The molecular weight excluding hydrogens is 373 g/mol. The highest BCUT2D eigenvalue weighted by atomic mass is 19.4. The maximum Gasteiger partial charge on any atom is 0.573 e. The third-order valence-corrected chi connectivity index (χ3v) is 5.63. The Balaban J connectivity index is 1.55. The summed E-state index contributed by atoms with van der Waals surface area (Å²) in [4.78, 5) is 0. The Hall–Kier alpha value is -2.41. The molecule has 29 heavy (non-hydrogen) atoms. The second-order valence-corrected chi connectivity index (χ2v) is 7.80. The summed E-state index contributed by atoms with van der Waals surface area (Å²) in [6.45, 7) is 2.26. The molecule has 0 N–H and O–H groups in total. The third-order valence-electron chi connectivity index (χ3n) is 5.63. The van der Waals surface area contributed by atoms with E-state index in [0.717, 1.165) is 11.5 Å². The molecule has 2 aromatic rings. The molecule has 0 bridgehead atoms. The summed E-state index contributed by atoms with van der Waals surface area (Å²) in [5.41, 5.74) is 2.94. The van der Waals surface area contributed by atoms with Gasteiger partial charge in [0.05, 0.1) is 0 Å². The Labute approximate surface area is 171 Å². The fourth-order valence-electron chi connectivity index (χ4n) is 4.00. The van der Waals surface area contributed by atoms with Gasteiger partial charge in [-0.25, -0.2) is 0 Å². The number of ether oxygens (including phenoxy) is 1. The molecule has 1 aliphatic rings. The van der Waals surface area contributed by atoms with E-state index in [2.05, 4.69) is 35.6 Å². The largest absolute Gasteiger partial charge is 0.573 e. The van der Waals surface area contributed by atoms with Crippen LogP contribution in [0.5, 0.6) is 5.75 Å². The predicted molar refractivity (Wildman–Crippen MR) is 110 cm³/mol. The molecule has 1 aliphatic carbocycles. The smallest absolute Gasteiger partial charge is 0.406 e. The van der Waals surface area contributed by atoms with Crippen molar-refractivity contribution >= 4 is 0 Å². The van der Waals surface area contributed by atoms with Crippen LogP contribution in [-0.2, 0) is 0 Å². The van der Waals surface area contributed by atoms with Crippen molar-refractivity contribution in [3.63, 3.8) is 0 Å². The van der Waals surface area contributed by atoms with Crippen LogP contribution in [-0.4, -0.2) is 6.36 Å². The molecule has 0 saturated heterocycles. The number of hydrogen-bond acceptors (Lipinski definition) is 1. The van der Waals surface area contributed by atoms with Gasteiger partial charge in [0, 0.05) is 11.1 Å². The van der Waals surface area contributed by atoms with E-state index in [1.165, 1.54) is 74.8 Å². The third kappa shape index (κ3) is 6.85. The summed E-state index contributed by atoms with van der Waals surface area (Å²) in [6.07, 6.45) is 4.54. The van der Waals surface area contributed by atoms with Crippen molar-refractivity contribution in [1.29, 1.82) is 0 Å². The van der Waals surface area contributed by atoms with E-state index in [4.69, 9.17) is 0 Å². The molecule has 2 aromatic carbocycles. The summed E-state index contributed by atoms with van der Waals surface area (Å²) >= 11 is 0. The Morgan fingerprint density at radius 3 is 1.93 bits per heavy atom. The van der Waals surface area contributed by atoms with Crippen LogP contribution in [0.1, 0.15) is 74.5 Å². The number of alkyl halides is 3. The van der Waals surface area contributed by atoms with Crippen molar-refractivity contribution in [3.05, 3.63) is 65.2 Å². The Kier molecular flexibility index (Phi) is 7.25. The maximum atomic E-state index is 12.2. The molecule has 0 amide bonds. The van der Waals surface area contributed by atoms with Crippen LogP contribution in [0.4, 0.5) is 13.2 Å². The molecule has 0 aliphatic heterocycles. The van der Waals surface area contributed by atoms with E-state index in [1.807, 2.05) is 12.1 Å². The van der Waals surface area contributed by atoms with Crippen molar-refractivity contribution in [1.82, 2.24) is 0 Å². The maximum absolute atomic E-state index is 12.2. The number of benzene rings is 2. The molecule has 1 saturated carbocycles. The Bertz CT molecular complexity index is 818. The first-order chi connectivity index (χ1) is 13.9. The molecule has 4 heteroatoms. The van der Waals surface area contributed by atoms with Gasteiger partial charge < -0.3 is 4.74 Å². The lowest BCUT2D eigenvalue weighted by atomic mass is 9.77. The average Bonchev–Trinajstić information content (AvgIpc) is 2.71. The lowest BCUT2D eigenvalue weighted by molar-refractivity contribution is -0.274. The molecule has 1 fully saturated rings. The van der Waals surface area contributed by atoms with E-state index in [1.54, 1.807) is 0 Å². The minimum Gasteiger partial charge on any atom is -0.406 e. The fourth-order valence-corrected chi connectivity index (χ4v) is 4.00. The highest BCUT2D eigenvalue weighted by molar-refractivity contribution is 5.45. The van der Waals surface area contributed by atoms with E-state index in [9.17, 15) is 13.2 Å². The van der Waals surface area contributed by atoms with Gasteiger partial charge in [0.1, 0.15) is 5.75 Å². The average molecular weight is 400 g/mol. The minimum absolute atomic E-state index is 0.239. The van der Waals surface area contributed by atoms with Crippen LogP contribution >= 0.6 is 0 Å². The molecule has 154 valence electrons. The van der Waals surface area contributed by atoms with Gasteiger partial charge in [0.25, 0.3) is 0 Å². The Morgan fingerprint density at radius 2 is 1.41 bits per heavy atom. The summed E-state index contributed by atoms with van der Waals surface area (Å²) < 4.78 is 40.5. The molecule has 0 atom stereocenters. The van der Waals surface area contributed by atoms with Crippen molar-refractivity contribution in [2.24, 2.45) is 5.92 Å². The molecule has 1 nitrogen and oxygen atoms in total. The zero-order chi connectivity index (χ0) is 20.7. The van der Waals surface area contributed by atoms with Gasteiger partial charge >= 0.3 is 6.36 Å². The predicted octanol–water partition coefficient (Wildman–Crippen LogP) is 7.45. The SMILES string of the molecule is CCCCC1CCC(c2ccc(C#Cc3ccc(OC(F)(F)F)cc3)cc2)CC1. The summed E-state index contributed by atoms with van der Waals surface area (Å²) in [5.74, 6) is 7.38. The van der Waals surface area contributed by atoms with Crippen LogP contribution in [0.2, 0.25) is 0 Å². The number of hydrogen-bond donors (Lipinski definition) is 0. The lowest BCUT2D eigenvalue weighted by Crippen LogP contribution is -2.16. The summed E-state index contributed by atoms with van der Waals surface area (Å²) in [5, 5.41) is 0. The Morgan fingerprint density at radius 1 is 0.862 bits per heavy atom. The van der Waals surface area contributed by atoms with E-state index in [-0.39, 0.29) is 5.75 Å². The normalized spacial score (nSPS) is 19.3. The fraction of sp³-hybridized carbons (Fsp3) is 0.440. The second-order valence-electron chi connectivity index (χ2n) is 7.80. The first kappa shape index (κ1) is 21.3. The van der Waals surface area contributed by atoms with Gasteiger partial charge in [0.15, 0.2) is 0 Å². The van der Waals surface area contributed by atoms with Gasteiger partial charge in [-0.3, -0.25) is 0 Å². The molecule has 0 heterocycles. The van der Waals surface area contributed by atoms with E-state index < -0.39 is 6.36 Å². The topological polar surface area (TPSA) is 9.23 Å². The highest BCUT2D eigenvalue weighted by Gasteiger charge is 2.30. The number of unbranched alkanes of at least 4 members (excludes halogenated alkanes) is 1. The zero-order valence-electron chi connectivity index (χ0n) is 16.8. The number of rotatable bonds is 5. The molecule has 0 aromatic heterocycles. The molecule has 3 rings (SSSR count). The molecule has 0 radical (unpaired) electrons. The van der Waals surface area contributed by atoms with Crippen LogP contribution in [0.15, 0.2) is 48.5 Å². The first-order valence-electron chi connectivity index (χ1n) is 10.4. The van der Waals surface area contributed by atoms with E-state index in [0.29, 0.717) is 11.5 Å². The van der Waals surface area contributed by atoms with Gasteiger partial charge in [-0.2, -0.15) is 0 Å².